The first-order valence-corrected chi connectivity index (χ1v) is 11.1. The molecule has 1 aliphatic heterocycles. The summed E-state index contributed by atoms with van der Waals surface area (Å²) in [5, 5.41) is 2.22. The molecular formula is C22H17F3N2O5S. The third-order valence-electron chi connectivity index (χ3n) is 4.71. The molecule has 0 radical (unpaired) electrons. The van der Waals surface area contributed by atoms with Gasteiger partial charge in [0.2, 0.25) is 5.91 Å². The van der Waals surface area contributed by atoms with Crippen LogP contribution in [0.4, 0.5) is 24.5 Å². The molecule has 0 saturated heterocycles. The van der Waals surface area contributed by atoms with Crippen molar-refractivity contribution in [2.45, 2.75) is 4.90 Å². The van der Waals surface area contributed by atoms with E-state index in [-0.39, 0.29) is 28.6 Å². The molecule has 0 aromatic heterocycles. The zero-order valence-corrected chi connectivity index (χ0v) is 17.7. The van der Waals surface area contributed by atoms with Crippen molar-refractivity contribution >= 4 is 27.3 Å². The summed E-state index contributed by atoms with van der Waals surface area (Å²) in [7, 11) is -4.34. The van der Waals surface area contributed by atoms with E-state index in [1.165, 1.54) is 30.3 Å². The van der Waals surface area contributed by atoms with E-state index in [0.29, 0.717) is 18.4 Å². The first-order valence-electron chi connectivity index (χ1n) is 9.67. The van der Waals surface area contributed by atoms with Crippen LogP contribution in [-0.4, -0.2) is 34.1 Å². The molecule has 0 atom stereocenters. The summed E-state index contributed by atoms with van der Waals surface area (Å²) in [6, 6.07) is 11.0. The van der Waals surface area contributed by atoms with Gasteiger partial charge in [0.1, 0.15) is 37.2 Å². The predicted molar refractivity (Wildman–Crippen MR) is 113 cm³/mol. The van der Waals surface area contributed by atoms with Crippen molar-refractivity contribution in [2.24, 2.45) is 0 Å². The van der Waals surface area contributed by atoms with Crippen molar-refractivity contribution in [3.05, 3.63) is 78.1 Å². The van der Waals surface area contributed by atoms with E-state index in [1.807, 2.05) is 0 Å². The summed E-state index contributed by atoms with van der Waals surface area (Å²) in [4.78, 5) is 12.4. The second-order valence-electron chi connectivity index (χ2n) is 6.97. The fourth-order valence-corrected chi connectivity index (χ4v) is 4.58. The van der Waals surface area contributed by atoms with Gasteiger partial charge in [-0.05, 0) is 48.5 Å². The average Bonchev–Trinajstić information content (AvgIpc) is 2.79. The highest BCUT2D eigenvalue weighted by Gasteiger charge is 2.29. The molecule has 3 aromatic rings. The van der Waals surface area contributed by atoms with Gasteiger partial charge in [-0.2, -0.15) is 0 Å². The molecule has 7 nitrogen and oxygen atoms in total. The lowest BCUT2D eigenvalue weighted by Gasteiger charge is -2.25. The number of carbonyl (C=O) groups excluding carboxylic acids is 1. The van der Waals surface area contributed by atoms with E-state index in [0.717, 1.165) is 28.6 Å². The lowest BCUT2D eigenvalue weighted by molar-refractivity contribution is -0.114. The van der Waals surface area contributed by atoms with Crippen LogP contribution < -0.4 is 19.1 Å². The molecule has 1 amide bonds. The Labute approximate surface area is 187 Å². The van der Waals surface area contributed by atoms with Crippen molar-refractivity contribution in [3.8, 4) is 11.5 Å². The first-order chi connectivity index (χ1) is 15.7. The van der Waals surface area contributed by atoms with E-state index in [9.17, 15) is 26.4 Å². The Morgan fingerprint density at radius 1 is 0.879 bits per heavy atom. The molecule has 0 aliphatic carbocycles. The Morgan fingerprint density at radius 3 is 2.24 bits per heavy atom. The third kappa shape index (κ3) is 4.87. The lowest BCUT2D eigenvalue weighted by atomic mass is 10.3. The largest absolute Gasteiger partial charge is 0.486 e. The van der Waals surface area contributed by atoms with Crippen molar-refractivity contribution < 1.29 is 35.9 Å². The fraction of sp³-hybridized carbons (Fsp3) is 0.136. The van der Waals surface area contributed by atoms with E-state index < -0.39 is 39.9 Å². The Kier molecular flexibility index (Phi) is 6.14. The number of rotatable bonds is 6. The van der Waals surface area contributed by atoms with Crippen LogP contribution >= 0.6 is 0 Å². The molecule has 0 bridgehead atoms. The number of carbonyl (C=O) groups is 1. The molecule has 0 spiro atoms. The minimum atomic E-state index is -4.34. The highest BCUT2D eigenvalue weighted by atomic mass is 32.2. The summed E-state index contributed by atoms with van der Waals surface area (Å²) in [6.45, 7) is -0.204. The molecule has 1 heterocycles. The van der Waals surface area contributed by atoms with Crippen LogP contribution in [0.3, 0.4) is 0 Å². The van der Waals surface area contributed by atoms with Crippen molar-refractivity contribution in [1.82, 2.24) is 0 Å². The van der Waals surface area contributed by atoms with Crippen LogP contribution in [0.25, 0.3) is 0 Å². The Hall–Kier alpha value is -3.73. The van der Waals surface area contributed by atoms with E-state index in [2.05, 4.69) is 5.32 Å². The second kappa shape index (κ2) is 9.02. The molecule has 1 N–H and O–H groups in total. The average molecular weight is 478 g/mol. The smallest absolute Gasteiger partial charge is 0.264 e. The molecule has 1 aliphatic rings. The zero-order valence-electron chi connectivity index (χ0n) is 16.9. The number of nitrogens with zero attached hydrogens (tertiary/aromatic N) is 1. The highest BCUT2D eigenvalue weighted by Crippen LogP contribution is 2.34. The van der Waals surface area contributed by atoms with Gasteiger partial charge in [0.05, 0.1) is 16.3 Å². The Balaban J connectivity index is 1.67. The summed E-state index contributed by atoms with van der Waals surface area (Å²) in [6.07, 6.45) is 0. The standard InChI is InChI=1S/C22H17F3N2O5S/c23-14-1-4-16(5-2-14)27(13-22(28)26-19-7-3-15(24)11-18(19)25)33(29,30)17-6-8-20-21(12-17)32-10-9-31-20/h1-8,11-12H,9-10,13H2,(H,26,28). The van der Waals surface area contributed by atoms with Crippen LogP contribution in [0.1, 0.15) is 0 Å². The molecule has 0 fully saturated rings. The van der Waals surface area contributed by atoms with Gasteiger partial charge in [-0.15, -0.1) is 0 Å². The van der Waals surface area contributed by atoms with E-state index in [1.54, 1.807) is 0 Å². The van der Waals surface area contributed by atoms with Gasteiger partial charge in [-0.3, -0.25) is 9.10 Å². The number of benzene rings is 3. The van der Waals surface area contributed by atoms with Gasteiger partial charge < -0.3 is 14.8 Å². The fourth-order valence-electron chi connectivity index (χ4n) is 3.14. The van der Waals surface area contributed by atoms with E-state index >= 15 is 0 Å². The molecule has 4 rings (SSSR count). The number of fused-ring (bicyclic) bond motifs is 1. The normalized spacial score (nSPS) is 12.8. The van der Waals surface area contributed by atoms with Crippen LogP contribution in [-0.2, 0) is 14.8 Å². The minimum absolute atomic E-state index is 0.000942. The number of ether oxygens (including phenoxy) is 2. The molecule has 11 heteroatoms. The van der Waals surface area contributed by atoms with Gasteiger partial charge >= 0.3 is 0 Å². The number of nitrogens with one attached hydrogen (secondary N) is 1. The SMILES string of the molecule is O=C(CN(c1ccc(F)cc1)S(=O)(=O)c1ccc2c(c1)OCCO2)Nc1ccc(F)cc1F. The highest BCUT2D eigenvalue weighted by molar-refractivity contribution is 7.92. The zero-order chi connectivity index (χ0) is 23.6. The van der Waals surface area contributed by atoms with Gasteiger partial charge in [0, 0.05) is 12.1 Å². The van der Waals surface area contributed by atoms with Crippen molar-refractivity contribution in [1.29, 1.82) is 0 Å². The topological polar surface area (TPSA) is 84.9 Å². The van der Waals surface area contributed by atoms with Crippen molar-refractivity contribution in [2.75, 3.05) is 29.4 Å². The predicted octanol–water partition coefficient (Wildman–Crippen LogP) is 3.71. The van der Waals surface area contributed by atoms with Gasteiger partial charge in [0.15, 0.2) is 11.5 Å². The maximum Gasteiger partial charge on any atom is 0.264 e. The maximum absolute atomic E-state index is 13.9. The number of halogens is 3. The maximum atomic E-state index is 13.9. The van der Waals surface area contributed by atoms with Gasteiger partial charge in [-0.25, -0.2) is 21.6 Å². The van der Waals surface area contributed by atoms with Crippen LogP contribution in [0, 0.1) is 17.5 Å². The van der Waals surface area contributed by atoms with Crippen LogP contribution in [0.2, 0.25) is 0 Å². The monoisotopic (exact) mass is 478 g/mol. The Bertz CT molecular complexity index is 1300. The first kappa shape index (κ1) is 22.5. The van der Waals surface area contributed by atoms with Gasteiger partial charge in [-0.1, -0.05) is 0 Å². The molecule has 33 heavy (non-hydrogen) atoms. The number of hydrogen-bond acceptors (Lipinski definition) is 5. The van der Waals surface area contributed by atoms with Crippen molar-refractivity contribution in [3.63, 3.8) is 0 Å². The molecule has 0 unspecified atom stereocenters. The summed E-state index contributed by atoms with van der Waals surface area (Å²) in [5.74, 6) is -2.76. The lowest BCUT2D eigenvalue weighted by Crippen LogP contribution is -2.38. The van der Waals surface area contributed by atoms with E-state index in [4.69, 9.17) is 9.47 Å². The quantitative estimate of drug-likeness (QED) is 0.584. The number of hydrogen-bond donors (Lipinski definition) is 1. The van der Waals surface area contributed by atoms with Crippen LogP contribution in [0.15, 0.2) is 65.6 Å². The molecule has 3 aromatic carbocycles. The molecule has 0 saturated carbocycles. The Morgan fingerprint density at radius 2 is 1.55 bits per heavy atom. The number of anilines is 2. The minimum Gasteiger partial charge on any atom is -0.486 e. The summed E-state index contributed by atoms with van der Waals surface area (Å²) >= 11 is 0. The third-order valence-corrected chi connectivity index (χ3v) is 6.48. The number of sulfonamides is 1. The molecule has 172 valence electrons. The van der Waals surface area contributed by atoms with Gasteiger partial charge in [0.25, 0.3) is 10.0 Å². The number of amides is 1. The van der Waals surface area contributed by atoms with Crippen LogP contribution in [0.5, 0.6) is 11.5 Å². The summed E-state index contributed by atoms with van der Waals surface area (Å²) < 4.78 is 78.9. The second-order valence-corrected chi connectivity index (χ2v) is 8.83. The summed E-state index contributed by atoms with van der Waals surface area (Å²) in [5.41, 5.74) is -0.321. The molecular weight excluding hydrogens is 461 g/mol.